The van der Waals surface area contributed by atoms with Crippen molar-refractivity contribution in [2.45, 2.75) is 26.3 Å². The minimum absolute atomic E-state index is 0.284. The van der Waals surface area contributed by atoms with E-state index in [0.29, 0.717) is 0 Å². The van der Waals surface area contributed by atoms with Gasteiger partial charge in [0.15, 0.2) is 0 Å². The average molecular weight is 297 g/mol. The molecule has 2 heterocycles. The zero-order valence-corrected chi connectivity index (χ0v) is 13.2. The number of aromatic nitrogens is 2. The van der Waals surface area contributed by atoms with Crippen LogP contribution in [0.2, 0.25) is 0 Å². The summed E-state index contributed by atoms with van der Waals surface area (Å²) in [5, 5.41) is 8.03. The number of benzene rings is 1. The zero-order valence-electron chi connectivity index (χ0n) is 12.3. The smallest absolute Gasteiger partial charge is 0.0947 e. The van der Waals surface area contributed by atoms with Crippen LogP contribution in [-0.4, -0.2) is 16.5 Å². The van der Waals surface area contributed by atoms with Crippen LogP contribution in [0.5, 0.6) is 0 Å². The third kappa shape index (κ3) is 3.28. The van der Waals surface area contributed by atoms with E-state index < -0.39 is 0 Å². The quantitative estimate of drug-likeness (QED) is 0.776. The Morgan fingerprint density at radius 2 is 2.19 bits per heavy atom. The first-order valence-electron chi connectivity index (χ1n) is 7.25. The van der Waals surface area contributed by atoms with Crippen LogP contribution in [-0.2, 0) is 6.42 Å². The Kier molecular flexibility index (Phi) is 4.27. The molecular weight excluding hydrogens is 278 g/mol. The minimum Gasteiger partial charge on any atom is -0.310 e. The summed E-state index contributed by atoms with van der Waals surface area (Å²) in [6, 6.07) is 10.9. The molecule has 108 valence electrons. The third-order valence-corrected chi connectivity index (χ3v) is 4.52. The highest BCUT2D eigenvalue weighted by Crippen LogP contribution is 2.23. The number of hydrogen-bond acceptors (Lipinski definition) is 4. The van der Waals surface area contributed by atoms with E-state index in [-0.39, 0.29) is 6.04 Å². The molecule has 21 heavy (non-hydrogen) atoms. The molecule has 0 bridgehead atoms. The van der Waals surface area contributed by atoms with Crippen LogP contribution < -0.4 is 5.32 Å². The number of nitrogens with zero attached hydrogens (tertiary/aromatic N) is 2. The normalized spacial score (nSPS) is 12.7. The number of likely N-dealkylation sites (N-methyl/N-ethyl adjacent to an activating group) is 1. The summed E-state index contributed by atoms with van der Waals surface area (Å²) >= 11 is 1.74. The lowest BCUT2D eigenvalue weighted by molar-refractivity contribution is 0.549. The molecule has 1 aromatic carbocycles. The van der Waals surface area contributed by atoms with Crippen molar-refractivity contribution in [2.75, 3.05) is 6.54 Å². The molecule has 0 amide bonds. The standard InChI is InChI=1S/C17H19N3S/c1-3-18-16(10-17-20-12(2)11-21-17)14-7-6-13-5-4-8-19-15(13)9-14/h4-9,11,16,18H,3,10H2,1-2H3. The van der Waals surface area contributed by atoms with Crippen LogP contribution in [0.1, 0.15) is 29.2 Å². The SMILES string of the molecule is CCNC(Cc1nc(C)cs1)c1ccc2cccnc2c1. The number of rotatable bonds is 5. The molecule has 0 aliphatic carbocycles. The summed E-state index contributed by atoms with van der Waals surface area (Å²) in [4.78, 5) is 9.04. The Bertz CT molecular complexity index is 735. The van der Waals surface area contributed by atoms with Gasteiger partial charge in [-0.1, -0.05) is 25.1 Å². The Morgan fingerprint density at radius 3 is 2.95 bits per heavy atom. The number of aryl methyl sites for hydroxylation is 1. The monoisotopic (exact) mass is 297 g/mol. The molecule has 2 aromatic heterocycles. The number of fused-ring (bicyclic) bond motifs is 1. The zero-order chi connectivity index (χ0) is 14.7. The van der Waals surface area contributed by atoms with Crippen LogP contribution in [0.25, 0.3) is 10.9 Å². The van der Waals surface area contributed by atoms with Crippen molar-refractivity contribution in [3.05, 3.63) is 58.2 Å². The van der Waals surface area contributed by atoms with Crippen molar-refractivity contribution >= 4 is 22.2 Å². The lowest BCUT2D eigenvalue weighted by atomic mass is 10.0. The van der Waals surface area contributed by atoms with Crippen molar-refractivity contribution in [1.29, 1.82) is 0 Å². The first-order chi connectivity index (χ1) is 10.3. The van der Waals surface area contributed by atoms with Gasteiger partial charge in [0, 0.05) is 35.1 Å². The molecule has 1 unspecified atom stereocenters. The molecular formula is C17H19N3S. The molecule has 3 aromatic rings. The van der Waals surface area contributed by atoms with Gasteiger partial charge in [0.2, 0.25) is 0 Å². The van der Waals surface area contributed by atoms with Crippen LogP contribution in [0.3, 0.4) is 0 Å². The van der Waals surface area contributed by atoms with Gasteiger partial charge in [-0.3, -0.25) is 4.98 Å². The Morgan fingerprint density at radius 1 is 1.29 bits per heavy atom. The lowest BCUT2D eigenvalue weighted by Gasteiger charge is -2.17. The van der Waals surface area contributed by atoms with Gasteiger partial charge in [-0.25, -0.2) is 4.98 Å². The van der Waals surface area contributed by atoms with Crippen LogP contribution in [0.15, 0.2) is 41.9 Å². The molecule has 1 N–H and O–H groups in total. The number of hydrogen-bond donors (Lipinski definition) is 1. The average Bonchev–Trinajstić information content (AvgIpc) is 2.91. The molecule has 0 spiro atoms. The minimum atomic E-state index is 0.284. The summed E-state index contributed by atoms with van der Waals surface area (Å²) in [5.41, 5.74) is 3.43. The second-order valence-corrected chi connectivity index (χ2v) is 6.10. The summed E-state index contributed by atoms with van der Waals surface area (Å²) in [5.74, 6) is 0. The highest BCUT2D eigenvalue weighted by Gasteiger charge is 2.14. The number of pyridine rings is 1. The summed E-state index contributed by atoms with van der Waals surface area (Å²) in [7, 11) is 0. The summed E-state index contributed by atoms with van der Waals surface area (Å²) in [6.45, 7) is 5.12. The highest BCUT2D eigenvalue weighted by atomic mass is 32.1. The third-order valence-electron chi connectivity index (χ3n) is 3.53. The maximum absolute atomic E-state index is 4.58. The van der Waals surface area contributed by atoms with Gasteiger partial charge < -0.3 is 5.32 Å². The second kappa shape index (κ2) is 6.33. The molecule has 1 atom stereocenters. The molecule has 0 saturated heterocycles. The maximum atomic E-state index is 4.58. The van der Waals surface area contributed by atoms with Gasteiger partial charge in [0.05, 0.1) is 10.5 Å². The van der Waals surface area contributed by atoms with Gasteiger partial charge in [0.25, 0.3) is 0 Å². The molecule has 0 aliphatic heterocycles. The van der Waals surface area contributed by atoms with E-state index in [1.807, 2.05) is 19.2 Å². The van der Waals surface area contributed by atoms with E-state index in [1.165, 1.54) is 16.0 Å². The Labute approximate surface area is 129 Å². The van der Waals surface area contributed by atoms with Crippen molar-refractivity contribution in [2.24, 2.45) is 0 Å². The van der Waals surface area contributed by atoms with E-state index in [1.54, 1.807) is 11.3 Å². The Balaban J connectivity index is 1.90. The van der Waals surface area contributed by atoms with Gasteiger partial charge >= 0.3 is 0 Å². The first kappa shape index (κ1) is 14.2. The van der Waals surface area contributed by atoms with Crippen molar-refractivity contribution < 1.29 is 0 Å². The first-order valence-corrected chi connectivity index (χ1v) is 8.13. The van der Waals surface area contributed by atoms with E-state index in [0.717, 1.165) is 24.2 Å². The molecule has 0 saturated carbocycles. The number of nitrogens with one attached hydrogen (secondary N) is 1. The van der Waals surface area contributed by atoms with E-state index in [2.05, 4.69) is 51.9 Å². The summed E-state index contributed by atoms with van der Waals surface area (Å²) in [6.07, 6.45) is 2.77. The summed E-state index contributed by atoms with van der Waals surface area (Å²) < 4.78 is 0. The fourth-order valence-electron chi connectivity index (χ4n) is 2.53. The Hall–Kier alpha value is -1.78. The predicted molar refractivity (Wildman–Crippen MR) is 88.7 cm³/mol. The molecule has 3 nitrogen and oxygen atoms in total. The predicted octanol–water partition coefficient (Wildman–Crippen LogP) is 3.89. The largest absolute Gasteiger partial charge is 0.310 e. The van der Waals surface area contributed by atoms with Gasteiger partial charge in [-0.05, 0) is 31.2 Å². The van der Waals surface area contributed by atoms with Gasteiger partial charge in [-0.15, -0.1) is 11.3 Å². The van der Waals surface area contributed by atoms with E-state index in [9.17, 15) is 0 Å². The topological polar surface area (TPSA) is 37.8 Å². The van der Waals surface area contributed by atoms with E-state index in [4.69, 9.17) is 0 Å². The van der Waals surface area contributed by atoms with Gasteiger partial charge in [-0.2, -0.15) is 0 Å². The molecule has 0 radical (unpaired) electrons. The molecule has 0 aliphatic rings. The fraction of sp³-hybridized carbons (Fsp3) is 0.294. The molecule has 0 fully saturated rings. The number of thiazole rings is 1. The lowest BCUT2D eigenvalue weighted by Crippen LogP contribution is -2.22. The van der Waals surface area contributed by atoms with Crippen molar-refractivity contribution in [3.63, 3.8) is 0 Å². The molecule has 4 heteroatoms. The van der Waals surface area contributed by atoms with Crippen LogP contribution in [0.4, 0.5) is 0 Å². The van der Waals surface area contributed by atoms with Crippen LogP contribution in [0, 0.1) is 6.92 Å². The van der Waals surface area contributed by atoms with Crippen molar-refractivity contribution in [1.82, 2.24) is 15.3 Å². The van der Waals surface area contributed by atoms with Crippen LogP contribution >= 0.6 is 11.3 Å². The van der Waals surface area contributed by atoms with Gasteiger partial charge in [0.1, 0.15) is 0 Å². The highest BCUT2D eigenvalue weighted by molar-refractivity contribution is 7.09. The second-order valence-electron chi connectivity index (χ2n) is 5.15. The maximum Gasteiger partial charge on any atom is 0.0947 e. The fourth-order valence-corrected chi connectivity index (χ4v) is 3.34. The molecule has 3 rings (SSSR count). The van der Waals surface area contributed by atoms with Crippen molar-refractivity contribution in [3.8, 4) is 0 Å². The van der Waals surface area contributed by atoms with E-state index >= 15 is 0 Å².